The fourth-order valence-electron chi connectivity index (χ4n) is 2.51. The van der Waals surface area contributed by atoms with Crippen molar-refractivity contribution in [3.05, 3.63) is 24.3 Å². The van der Waals surface area contributed by atoms with Gasteiger partial charge in [0.25, 0.3) is 0 Å². The van der Waals surface area contributed by atoms with Crippen molar-refractivity contribution < 1.29 is 45.8 Å². The van der Waals surface area contributed by atoms with Gasteiger partial charge in [-0.1, -0.05) is 13.2 Å². The summed E-state index contributed by atoms with van der Waals surface area (Å²) in [5.41, 5.74) is -1.56. The Morgan fingerprint density at radius 1 is 1.00 bits per heavy atom. The van der Waals surface area contributed by atoms with E-state index in [1.54, 1.807) is 0 Å². The molecule has 0 aromatic heterocycles. The molecule has 1 unspecified atom stereocenters. The maximum atomic E-state index is 13.8. The molecule has 0 spiro atoms. The lowest BCUT2D eigenvalue weighted by Crippen LogP contribution is -2.65. The van der Waals surface area contributed by atoms with Crippen LogP contribution in [0.1, 0.15) is 26.7 Å². The lowest BCUT2D eigenvalue weighted by Gasteiger charge is -2.51. The van der Waals surface area contributed by atoms with Gasteiger partial charge < -0.3 is 14.2 Å². The highest BCUT2D eigenvalue weighted by Crippen LogP contribution is 2.53. The van der Waals surface area contributed by atoms with Crippen molar-refractivity contribution in [1.29, 1.82) is 0 Å². The molecule has 1 aliphatic heterocycles. The second kappa shape index (κ2) is 8.37. The van der Waals surface area contributed by atoms with Gasteiger partial charge in [0.05, 0.1) is 19.8 Å². The summed E-state index contributed by atoms with van der Waals surface area (Å²) in [6, 6.07) is 0. The van der Waals surface area contributed by atoms with E-state index in [-0.39, 0.29) is 24.0 Å². The topological polar surface area (TPSA) is 61.8 Å². The highest BCUT2D eigenvalue weighted by Gasteiger charge is 2.71. The minimum Gasteiger partial charge on any atom is -0.462 e. The van der Waals surface area contributed by atoms with E-state index >= 15 is 0 Å². The Balaban J connectivity index is 2.89. The van der Waals surface area contributed by atoms with Crippen LogP contribution >= 0.6 is 0 Å². The van der Waals surface area contributed by atoms with Crippen molar-refractivity contribution in [3.8, 4) is 0 Å². The summed E-state index contributed by atoms with van der Waals surface area (Å²) in [5.74, 6) is -6.70. The molecule has 1 heterocycles. The van der Waals surface area contributed by atoms with Crippen molar-refractivity contribution in [2.75, 3.05) is 19.8 Å². The second-order valence-corrected chi connectivity index (χ2v) is 6.51. The summed E-state index contributed by atoms with van der Waals surface area (Å²) in [5, 5.41) is 0. The molecule has 0 amide bonds. The Hall–Kier alpha value is -1.97. The van der Waals surface area contributed by atoms with Gasteiger partial charge >= 0.3 is 24.0 Å². The number of alkyl halides is 5. The average Bonchev–Trinajstić information content (AvgIpc) is 2.50. The fraction of sp³-hybridized carbons (Fsp3) is 0.647. The maximum Gasteiger partial charge on any atom is 0.456 e. The van der Waals surface area contributed by atoms with Crippen molar-refractivity contribution in [2.24, 2.45) is 5.41 Å². The zero-order valence-electron chi connectivity index (χ0n) is 15.0. The third-order valence-corrected chi connectivity index (χ3v) is 4.16. The zero-order chi connectivity index (χ0) is 21.0. The van der Waals surface area contributed by atoms with Crippen LogP contribution in [0.2, 0.25) is 0 Å². The van der Waals surface area contributed by atoms with Gasteiger partial charge in [0, 0.05) is 16.6 Å². The number of halogens is 5. The Bertz CT molecular complexity index is 579. The smallest absolute Gasteiger partial charge is 0.456 e. The largest absolute Gasteiger partial charge is 0.462 e. The second-order valence-electron chi connectivity index (χ2n) is 6.51. The van der Waals surface area contributed by atoms with Gasteiger partial charge in [-0.3, -0.25) is 0 Å². The summed E-state index contributed by atoms with van der Waals surface area (Å²) in [7, 11) is 0. The van der Waals surface area contributed by atoms with E-state index in [2.05, 4.69) is 17.9 Å². The third kappa shape index (κ3) is 5.27. The van der Waals surface area contributed by atoms with Crippen molar-refractivity contribution >= 4 is 11.9 Å². The summed E-state index contributed by atoms with van der Waals surface area (Å²) >= 11 is 0. The van der Waals surface area contributed by atoms with Crippen LogP contribution in [0.25, 0.3) is 0 Å². The molecule has 0 radical (unpaired) electrons. The number of esters is 2. The van der Waals surface area contributed by atoms with E-state index in [9.17, 15) is 31.5 Å². The number of carbonyl (C=O) groups excluding carboxylic acids is 2. The van der Waals surface area contributed by atoms with Crippen LogP contribution in [0.3, 0.4) is 0 Å². The Morgan fingerprint density at radius 3 is 1.67 bits per heavy atom. The maximum absolute atomic E-state index is 13.8. The molecule has 27 heavy (non-hydrogen) atoms. The molecular formula is C17H21F5O5. The summed E-state index contributed by atoms with van der Waals surface area (Å²) < 4.78 is 80.0. The van der Waals surface area contributed by atoms with Gasteiger partial charge in [-0.25, -0.2) is 9.59 Å². The molecule has 10 heteroatoms. The molecular weight excluding hydrogens is 379 g/mol. The van der Waals surface area contributed by atoms with E-state index in [1.807, 2.05) is 0 Å². The molecule has 154 valence electrons. The van der Waals surface area contributed by atoms with Gasteiger partial charge in [-0.05, 0) is 26.7 Å². The van der Waals surface area contributed by atoms with Crippen LogP contribution in [0.4, 0.5) is 22.0 Å². The van der Waals surface area contributed by atoms with E-state index in [0.29, 0.717) is 0 Å². The SMILES string of the molecule is C=C(C)C(=O)OCCC1(CCOC(=O)C(=C)C)COC1C(F)(F)C(F)(F)F. The molecule has 1 atom stereocenters. The average molecular weight is 400 g/mol. The van der Waals surface area contributed by atoms with Crippen LogP contribution < -0.4 is 0 Å². The first-order valence-corrected chi connectivity index (χ1v) is 7.96. The van der Waals surface area contributed by atoms with Crippen molar-refractivity contribution in [2.45, 2.75) is 44.9 Å². The number of ether oxygens (including phenoxy) is 3. The summed E-state index contributed by atoms with van der Waals surface area (Å²) in [4.78, 5) is 22.8. The van der Waals surface area contributed by atoms with Crippen molar-refractivity contribution in [3.63, 3.8) is 0 Å². The fourth-order valence-corrected chi connectivity index (χ4v) is 2.51. The first-order chi connectivity index (χ1) is 12.2. The zero-order valence-corrected chi connectivity index (χ0v) is 15.0. The molecule has 5 nitrogen and oxygen atoms in total. The lowest BCUT2D eigenvalue weighted by molar-refractivity contribution is -0.375. The quantitative estimate of drug-likeness (QED) is 0.336. The van der Waals surface area contributed by atoms with Gasteiger partial charge in [-0.15, -0.1) is 0 Å². The van der Waals surface area contributed by atoms with Crippen LogP contribution in [-0.4, -0.2) is 50.0 Å². The summed E-state index contributed by atoms with van der Waals surface area (Å²) in [6.07, 6.45) is -8.94. The number of rotatable bonds is 9. The number of carbonyl (C=O) groups is 2. The van der Waals surface area contributed by atoms with Crippen LogP contribution in [0.15, 0.2) is 24.3 Å². The molecule has 0 aliphatic carbocycles. The molecule has 1 aliphatic rings. The standard InChI is InChI=1S/C17H21F5O5/c1-10(2)12(23)25-7-5-15(6-8-26-13(24)11(3)4)9-27-14(15)16(18,19)17(20,21)22/h14H,1,3,5-9H2,2,4H3. The number of hydrogen-bond acceptors (Lipinski definition) is 5. The first kappa shape index (κ1) is 23.1. The molecule has 0 saturated carbocycles. The molecule has 1 fully saturated rings. The highest BCUT2D eigenvalue weighted by atomic mass is 19.4. The van der Waals surface area contributed by atoms with E-state index in [1.165, 1.54) is 13.8 Å². The Labute approximate surface area is 153 Å². The van der Waals surface area contributed by atoms with Crippen LogP contribution in [0, 0.1) is 5.41 Å². The number of hydrogen-bond donors (Lipinski definition) is 0. The normalized spacial score (nSPS) is 19.0. The van der Waals surface area contributed by atoms with Crippen molar-refractivity contribution in [1.82, 2.24) is 0 Å². The molecule has 1 saturated heterocycles. The van der Waals surface area contributed by atoms with Gasteiger partial charge in [0.2, 0.25) is 0 Å². The monoisotopic (exact) mass is 400 g/mol. The van der Waals surface area contributed by atoms with Crippen LogP contribution in [-0.2, 0) is 23.8 Å². The van der Waals surface area contributed by atoms with Gasteiger partial charge in [-0.2, -0.15) is 22.0 Å². The lowest BCUT2D eigenvalue weighted by atomic mass is 9.70. The highest BCUT2D eigenvalue weighted by molar-refractivity contribution is 5.87. The van der Waals surface area contributed by atoms with Gasteiger partial charge in [0.15, 0.2) is 0 Å². The van der Waals surface area contributed by atoms with E-state index in [0.717, 1.165) is 0 Å². The minimum absolute atomic E-state index is 0.0569. The van der Waals surface area contributed by atoms with E-state index in [4.69, 9.17) is 9.47 Å². The Morgan fingerprint density at radius 2 is 1.41 bits per heavy atom. The predicted molar refractivity (Wildman–Crippen MR) is 84.0 cm³/mol. The molecule has 0 N–H and O–H groups in total. The molecule has 1 rings (SSSR count). The van der Waals surface area contributed by atoms with E-state index < -0.39 is 55.4 Å². The molecule has 0 aromatic carbocycles. The molecule has 0 bridgehead atoms. The van der Waals surface area contributed by atoms with Gasteiger partial charge in [0.1, 0.15) is 6.10 Å². The molecule has 0 aromatic rings. The third-order valence-electron chi connectivity index (χ3n) is 4.16. The Kier molecular flexibility index (Phi) is 7.15. The van der Waals surface area contributed by atoms with Crippen LogP contribution in [0.5, 0.6) is 0 Å². The first-order valence-electron chi connectivity index (χ1n) is 7.96. The predicted octanol–water partition coefficient (Wildman–Crippen LogP) is 3.59. The minimum atomic E-state index is -5.81. The summed E-state index contributed by atoms with van der Waals surface area (Å²) in [6.45, 7) is 8.18.